The van der Waals surface area contributed by atoms with Crippen LogP contribution in [0, 0.1) is 23.7 Å². The molecule has 5 aliphatic heterocycles. The van der Waals surface area contributed by atoms with E-state index in [2.05, 4.69) is 34.1 Å². The summed E-state index contributed by atoms with van der Waals surface area (Å²) in [4.78, 5) is 5.76. The van der Waals surface area contributed by atoms with E-state index >= 15 is 0 Å². The monoisotopic (exact) mass is 454 g/mol. The maximum absolute atomic E-state index is 2.93. The second-order valence-electron chi connectivity index (χ2n) is 12.0. The first kappa shape index (κ1) is 25.5. The minimum atomic E-state index is 0.955. The number of hydrogen-bond acceptors (Lipinski definition) is 2. The Morgan fingerprint density at radius 3 is 1.97 bits per heavy atom. The van der Waals surface area contributed by atoms with Gasteiger partial charge in [0.05, 0.1) is 0 Å². The summed E-state index contributed by atoms with van der Waals surface area (Å²) >= 11 is 0. The number of hydrogen-bond donors (Lipinski definition) is 0. The molecular weight excluding hydrogens is 400 g/mol. The van der Waals surface area contributed by atoms with Crippen LogP contribution in [0.3, 0.4) is 0 Å². The van der Waals surface area contributed by atoms with E-state index in [0.717, 1.165) is 23.7 Å². The third-order valence-electron chi connectivity index (χ3n) is 9.35. The molecule has 0 radical (unpaired) electrons. The average Bonchev–Trinajstić information content (AvgIpc) is 2.82. The quantitative estimate of drug-likeness (QED) is 0.344. The Morgan fingerprint density at radius 2 is 1.12 bits per heavy atom. The third kappa shape index (κ3) is 8.84. The van der Waals surface area contributed by atoms with Crippen LogP contribution in [-0.4, -0.2) is 49.1 Å². The van der Waals surface area contributed by atoms with Gasteiger partial charge >= 0.3 is 0 Å². The number of rotatable bonds is 0. The van der Waals surface area contributed by atoms with Gasteiger partial charge < -0.3 is 9.80 Å². The van der Waals surface area contributed by atoms with E-state index in [1.807, 2.05) is 0 Å². The fourth-order valence-corrected chi connectivity index (χ4v) is 7.53. The van der Waals surface area contributed by atoms with Crippen molar-refractivity contribution in [1.29, 1.82) is 0 Å². The van der Waals surface area contributed by atoms with Gasteiger partial charge in [0, 0.05) is 26.2 Å². The molecule has 0 amide bonds. The summed E-state index contributed by atoms with van der Waals surface area (Å²) in [5.74, 6) is 3.89. The molecule has 5 heterocycles. The zero-order chi connectivity index (χ0) is 22.6. The van der Waals surface area contributed by atoms with Gasteiger partial charge in [0.25, 0.3) is 0 Å². The van der Waals surface area contributed by atoms with Gasteiger partial charge in [0.1, 0.15) is 0 Å². The third-order valence-corrected chi connectivity index (χ3v) is 9.35. The smallest absolute Gasteiger partial charge is 0.00160 e. The summed E-state index contributed by atoms with van der Waals surface area (Å²) in [6.45, 7) is 8.22. The van der Waals surface area contributed by atoms with Crippen LogP contribution in [0.1, 0.15) is 109 Å². The molecule has 5 rings (SSSR count). The lowest BCUT2D eigenvalue weighted by atomic mass is 9.69. The second kappa shape index (κ2) is 14.7. The van der Waals surface area contributed by atoms with Gasteiger partial charge in [-0.1, -0.05) is 56.4 Å². The fraction of sp³-hybridized carbons (Fsp3) is 0.871. The van der Waals surface area contributed by atoms with Crippen molar-refractivity contribution < 1.29 is 0 Å². The van der Waals surface area contributed by atoms with Crippen molar-refractivity contribution in [3.63, 3.8) is 0 Å². The molecule has 188 valence electrons. The summed E-state index contributed by atoms with van der Waals surface area (Å²) < 4.78 is 0. The second-order valence-corrected chi connectivity index (χ2v) is 12.0. The zero-order valence-corrected chi connectivity index (χ0v) is 21.8. The van der Waals surface area contributed by atoms with Crippen LogP contribution in [0.25, 0.3) is 0 Å². The van der Waals surface area contributed by atoms with Crippen molar-refractivity contribution in [2.45, 2.75) is 109 Å². The molecule has 0 saturated carbocycles. The SMILES string of the molecule is C1=C\CCCCN2CC3CCCCC/C=C\CCN4CCC(C(CCCCCC/1)C4)C(C3)C2. The molecule has 33 heavy (non-hydrogen) atoms. The topological polar surface area (TPSA) is 6.48 Å². The first-order valence-corrected chi connectivity index (χ1v) is 15.1. The Hall–Kier alpha value is -0.600. The maximum Gasteiger partial charge on any atom is 0.00160 e. The highest BCUT2D eigenvalue weighted by atomic mass is 15.1. The maximum atomic E-state index is 2.93. The Bertz CT molecular complexity index is 581. The lowest BCUT2D eigenvalue weighted by Crippen LogP contribution is -2.49. The summed E-state index contributed by atoms with van der Waals surface area (Å²) in [6.07, 6.45) is 34.0. The number of fused-ring (bicyclic) bond motifs is 9. The van der Waals surface area contributed by atoms with Crippen molar-refractivity contribution in [3.05, 3.63) is 24.3 Å². The van der Waals surface area contributed by atoms with Crippen LogP contribution in [0.15, 0.2) is 24.3 Å². The van der Waals surface area contributed by atoms with Crippen molar-refractivity contribution in [3.8, 4) is 0 Å². The molecular formula is C31H54N2. The van der Waals surface area contributed by atoms with Crippen molar-refractivity contribution in [2.24, 2.45) is 23.7 Å². The van der Waals surface area contributed by atoms with Gasteiger partial charge in [-0.25, -0.2) is 0 Å². The summed E-state index contributed by atoms with van der Waals surface area (Å²) in [6, 6.07) is 0. The predicted molar refractivity (Wildman–Crippen MR) is 144 cm³/mol. The molecule has 2 heteroatoms. The molecule has 0 N–H and O–H groups in total. The normalized spacial score (nSPS) is 40.2. The van der Waals surface area contributed by atoms with Gasteiger partial charge in [-0.05, 0) is 114 Å². The molecule has 6 atom stereocenters. The first-order valence-electron chi connectivity index (χ1n) is 15.1. The molecule has 2 fully saturated rings. The van der Waals surface area contributed by atoms with Crippen molar-refractivity contribution >= 4 is 0 Å². The van der Waals surface area contributed by atoms with E-state index in [0.29, 0.717) is 0 Å². The lowest BCUT2D eigenvalue weighted by molar-refractivity contribution is 0.0192. The molecule has 2 nitrogen and oxygen atoms in total. The lowest BCUT2D eigenvalue weighted by Gasteiger charge is -2.47. The van der Waals surface area contributed by atoms with Crippen LogP contribution in [0.5, 0.6) is 0 Å². The molecule has 0 spiro atoms. The van der Waals surface area contributed by atoms with E-state index in [4.69, 9.17) is 0 Å². The van der Waals surface area contributed by atoms with Gasteiger partial charge in [-0.3, -0.25) is 0 Å². The van der Waals surface area contributed by atoms with E-state index < -0.39 is 0 Å². The highest BCUT2D eigenvalue weighted by Gasteiger charge is 2.38. The van der Waals surface area contributed by atoms with Crippen LogP contribution >= 0.6 is 0 Å². The Kier molecular flexibility index (Phi) is 11.4. The van der Waals surface area contributed by atoms with E-state index in [9.17, 15) is 0 Å². The van der Waals surface area contributed by atoms with E-state index in [1.165, 1.54) is 142 Å². The summed E-state index contributed by atoms with van der Waals surface area (Å²) in [5, 5.41) is 0. The van der Waals surface area contributed by atoms with Crippen LogP contribution in [0.4, 0.5) is 0 Å². The molecule has 6 unspecified atom stereocenters. The van der Waals surface area contributed by atoms with Gasteiger partial charge in [-0.15, -0.1) is 0 Å². The Balaban J connectivity index is 1.47. The minimum Gasteiger partial charge on any atom is -0.303 e. The summed E-state index contributed by atoms with van der Waals surface area (Å²) in [5.41, 5.74) is 0. The molecule has 0 aromatic carbocycles. The van der Waals surface area contributed by atoms with Gasteiger partial charge in [-0.2, -0.15) is 0 Å². The molecule has 0 aromatic heterocycles. The molecule has 2 saturated heterocycles. The van der Waals surface area contributed by atoms with Crippen molar-refractivity contribution in [2.75, 3.05) is 39.3 Å². The Labute approximate surface area is 206 Å². The highest BCUT2D eigenvalue weighted by Crippen LogP contribution is 2.40. The number of piperidine rings is 2. The largest absolute Gasteiger partial charge is 0.303 e. The summed E-state index contributed by atoms with van der Waals surface area (Å²) in [7, 11) is 0. The average molecular weight is 455 g/mol. The number of allylic oxidation sites excluding steroid dienone is 3. The first-order chi connectivity index (χ1) is 16.4. The van der Waals surface area contributed by atoms with Gasteiger partial charge in [0.15, 0.2) is 0 Å². The molecule has 6 bridgehead atoms. The minimum absolute atomic E-state index is 0.955. The standard InChI is InChI=1S/C31H54N2/c1-2-4-8-13-17-22-33-25-28-18-14-10-6-5-9-12-16-21-32-23-20-31(30(24-28)27-33)29(26-32)19-15-11-7-3-1/h2,4,9,12,28-31H,1,3,5-8,10-11,13-27H2/b4-2-,12-9-. The van der Waals surface area contributed by atoms with E-state index in [-0.39, 0.29) is 0 Å². The van der Waals surface area contributed by atoms with Gasteiger partial charge in [0.2, 0.25) is 0 Å². The van der Waals surface area contributed by atoms with Crippen LogP contribution < -0.4 is 0 Å². The van der Waals surface area contributed by atoms with E-state index in [1.54, 1.807) is 6.42 Å². The van der Waals surface area contributed by atoms with Crippen molar-refractivity contribution in [1.82, 2.24) is 9.80 Å². The van der Waals surface area contributed by atoms with Crippen LogP contribution in [0.2, 0.25) is 0 Å². The number of nitrogens with zero attached hydrogens (tertiary/aromatic N) is 2. The zero-order valence-electron chi connectivity index (χ0n) is 21.8. The molecule has 0 aromatic rings. The predicted octanol–water partition coefficient (Wildman–Crippen LogP) is 7.85. The molecule has 5 aliphatic rings. The van der Waals surface area contributed by atoms with Crippen LogP contribution in [-0.2, 0) is 0 Å². The molecule has 0 aliphatic carbocycles. The Morgan fingerprint density at radius 1 is 0.455 bits per heavy atom. The fourth-order valence-electron chi connectivity index (χ4n) is 7.53. The highest BCUT2D eigenvalue weighted by molar-refractivity contribution is 4.92.